The minimum absolute atomic E-state index is 0.144. The van der Waals surface area contributed by atoms with Crippen molar-refractivity contribution >= 4 is 5.91 Å². The maximum atomic E-state index is 12.1. The lowest BCUT2D eigenvalue weighted by Gasteiger charge is -2.08. The Kier molecular flexibility index (Phi) is 3.95. The second kappa shape index (κ2) is 6.22. The fraction of sp³-hybridized carbons (Fsp3) is 0.231. The molecule has 0 aliphatic rings. The van der Waals surface area contributed by atoms with Crippen LogP contribution in [-0.4, -0.2) is 52.5 Å². The van der Waals surface area contributed by atoms with Crippen molar-refractivity contribution in [2.45, 2.75) is 6.42 Å². The molecule has 1 amide bonds. The summed E-state index contributed by atoms with van der Waals surface area (Å²) in [5, 5.41) is 31.2. The highest BCUT2D eigenvalue weighted by atomic mass is 16.3. The van der Waals surface area contributed by atoms with Crippen molar-refractivity contribution in [3.63, 3.8) is 0 Å². The van der Waals surface area contributed by atoms with Crippen molar-refractivity contribution in [2.24, 2.45) is 7.05 Å². The van der Waals surface area contributed by atoms with Crippen LogP contribution in [0.15, 0.2) is 30.9 Å². The van der Waals surface area contributed by atoms with Crippen LogP contribution in [0.1, 0.15) is 16.2 Å². The van der Waals surface area contributed by atoms with Crippen LogP contribution in [0.3, 0.4) is 0 Å². The molecule has 3 rings (SSSR count). The summed E-state index contributed by atoms with van der Waals surface area (Å²) in [6.45, 7) is 0.388. The van der Waals surface area contributed by atoms with Crippen LogP contribution in [-0.2, 0) is 13.5 Å². The Morgan fingerprint density at radius 1 is 1.30 bits per heavy atom. The largest absolute Gasteiger partial charge is 0.507 e. The molecule has 0 aliphatic carbocycles. The van der Waals surface area contributed by atoms with Gasteiger partial charge in [-0.25, -0.2) is 4.68 Å². The van der Waals surface area contributed by atoms with E-state index in [0.717, 1.165) is 5.82 Å². The summed E-state index contributed by atoms with van der Waals surface area (Å²) < 4.78 is 3.17. The molecule has 0 aliphatic heterocycles. The number of nitrogens with one attached hydrogen (secondary N) is 1. The van der Waals surface area contributed by atoms with Gasteiger partial charge in [-0.05, 0) is 22.6 Å². The summed E-state index contributed by atoms with van der Waals surface area (Å²) in [5.74, 6) is 0.255. The van der Waals surface area contributed by atoms with E-state index in [9.17, 15) is 9.90 Å². The van der Waals surface area contributed by atoms with Gasteiger partial charge in [0, 0.05) is 26.1 Å². The lowest BCUT2D eigenvalue weighted by atomic mass is 10.1. The predicted molar refractivity (Wildman–Crippen MR) is 77.9 cm³/mol. The molecule has 10 nitrogen and oxygen atoms in total. The van der Waals surface area contributed by atoms with Crippen LogP contribution in [0, 0.1) is 0 Å². The fourth-order valence-electron chi connectivity index (χ4n) is 2.05. The molecule has 0 spiro atoms. The first-order valence-electron chi connectivity index (χ1n) is 6.82. The first-order valence-corrected chi connectivity index (χ1v) is 6.82. The van der Waals surface area contributed by atoms with E-state index in [-0.39, 0.29) is 17.2 Å². The summed E-state index contributed by atoms with van der Waals surface area (Å²) in [6.07, 6.45) is 3.54. The minimum Gasteiger partial charge on any atom is -0.507 e. The second-order valence-corrected chi connectivity index (χ2v) is 4.82. The van der Waals surface area contributed by atoms with Gasteiger partial charge in [0.15, 0.2) is 0 Å². The van der Waals surface area contributed by atoms with Gasteiger partial charge in [-0.2, -0.15) is 0 Å². The summed E-state index contributed by atoms with van der Waals surface area (Å²) in [7, 11) is 1.83. The maximum Gasteiger partial charge on any atom is 0.255 e. The van der Waals surface area contributed by atoms with E-state index in [1.165, 1.54) is 23.1 Å². The zero-order valence-corrected chi connectivity index (χ0v) is 12.3. The van der Waals surface area contributed by atoms with Crippen molar-refractivity contribution in [3.8, 4) is 11.4 Å². The Bertz CT molecular complexity index is 811. The number of aromatic hydroxyl groups is 1. The van der Waals surface area contributed by atoms with Gasteiger partial charge in [0.25, 0.3) is 5.91 Å². The molecule has 2 N–H and O–H groups in total. The van der Waals surface area contributed by atoms with E-state index in [1.54, 1.807) is 17.0 Å². The average molecular weight is 314 g/mol. The van der Waals surface area contributed by atoms with Crippen LogP contribution in [0.5, 0.6) is 5.75 Å². The number of hydrogen-bond acceptors (Lipinski definition) is 7. The standard InChI is InChI=1S/C13H14N8O2/c1-20-7-15-17-12(20)4-5-14-13(23)10-3-2-9(6-11(10)22)21-8-16-18-19-21/h2-3,6-8,22H,4-5H2,1H3,(H,14,23). The third kappa shape index (κ3) is 3.15. The molecule has 0 saturated heterocycles. The highest BCUT2D eigenvalue weighted by molar-refractivity contribution is 5.97. The Morgan fingerprint density at radius 3 is 2.83 bits per heavy atom. The van der Waals surface area contributed by atoms with E-state index in [4.69, 9.17) is 0 Å². The number of tetrazole rings is 1. The molecule has 23 heavy (non-hydrogen) atoms. The molecular formula is C13H14N8O2. The number of rotatable bonds is 5. The van der Waals surface area contributed by atoms with E-state index < -0.39 is 0 Å². The number of aromatic nitrogens is 7. The van der Waals surface area contributed by atoms with Gasteiger partial charge in [-0.1, -0.05) is 0 Å². The second-order valence-electron chi connectivity index (χ2n) is 4.82. The maximum absolute atomic E-state index is 12.1. The number of phenolic OH excluding ortho intramolecular Hbond substituents is 1. The van der Waals surface area contributed by atoms with Crippen molar-refractivity contribution in [1.82, 2.24) is 40.3 Å². The summed E-state index contributed by atoms with van der Waals surface area (Å²) in [5.41, 5.74) is 0.739. The van der Waals surface area contributed by atoms with Crippen LogP contribution in [0.2, 0.25) is 0 Å². The first-order chi connectivity index (χ1) is 11.1. The van der Waals surface area contributed by atoms with Crippen LogP contribution in [0.25, 0.3) is 5.69 Å². The lowest BCUT2D eigenvalue weighted by molar-refractivity contribution is 0.0951. The Hall–Kier alpha value is -3.30. The molecular weight excluding hydrogens is 300 g/mol. The highest BCUT2D eigenvalue weighted by Crippen LogP contribution is 2.20. The topological polar surface area (TPSA) is 124 Å². The molecule has 0 atom stereocenters. The molecule has 118 valence electrons. The monoisotopic (exact) mass is 314 g/mol. The molecule has 2 heterocycles. The number of nitrogens with zero attached hydrogens (tertiary/aromatic N) is 7. The number of carbonyl (C=O) groups excluding carboxylic acids is 1. The van der Waals surface area contributed by atoms with Gasteiger partial charge in [0.2, 0.25) is 0 Å². The summed E-state index contributed by atoms with van der Waals surface area (Å²) >= 11 is 0. The number of phenols is 1. The number of aryl methyl sites for hydroxylation is 1. The number of benzene rings is 1. The molecule has 0 saturated carbocycles. The smallest absolute Gasteiger partial charge is 0.255 e. The van der Waals surface area contributed by atoms with Gasteiger partial charge >= 0.3 is 0 Å². The van der Waals surface area contributed by atoms with Gasteiger partial charge in [0.1, 0.15) is 24.2 Å². The molecule has 2 aromatic heterocycles. The molecule has 0 fully saturated rings. The van der Waals surface area contributed by atoms with E-state index >= 15 is 0 Å². The van der Waals surface area contributed by atoms with Crippen molar-refractivity contribution in [3.05, 3.63) is 42.2 Å². The van der Waals surface area contributed by atoms with Crippen LogP contribution >= 0.6 is 0 Å². The SMILES string of the molecule is Cn1cnnc1CCNC(=O)c1ccc(-n2cnnn2)cc1O. The van der Waals surface area contributed by atoms with Gasteiger partial charge < -0.3 is 15.0 Å². The lowest BCUT2D eigenvalue weighted by Crippen LogP contribution is -2.26. The van der Waals surface area contributed by atoms with Crippen molar-refractivity contribution in [1.29, 1.82) is 0 Å². The summed E-state index contributed by atoms with van der Waals surface area (Å²) in [6, 6.07) is 4.59. The molecule has 10 heteroatoms. The Balaban J connectivity index is 1.64. The predicted octanol–water partition coefficient (Wildman–Crippen LogP) is -0.531. The Labute approximate surface area is 130 Å². The van der Waals surface area contributed by atoms with Crippen LogP contribution < -0.4 is 5.32 Å². The van der Waals surface area contributed by atoms with Gasteiger partial charge in [0.05, 0.1) is 11.3 Å². The van der Waals surface area contributed by atoms with E-state index in [2.05, 4.69) is 31.0 Å². The van der Waals surface area contributed by atoms with E-state index in [1.807, 2.05) is 7.05 Å². The molecule has 1 aromatic carbocycles. The third-order valence-electron chi connectivity index (χ3n) is 3.28. The highest BCUT2D eigenvalue weighted by Gasteiger charge is 2.12. The normalized spacial score (nSPS) is 10.7. The molecule has 3 aromatic rings. The van der Waals surface area contributed by atoms with E-state index in [0.29, 0.717) is 18.7 Å². The third-order valence-corrected chi connectivity index (χ3v) is 3.28. The number of hydrogen-bond donors (Lipinski definition) is 2. The molecule has 0 unspecified atom stereocenters. The Morgan fingerprint density at radius 2 is 2.17 bits per heavy atom. The first kappa shape index (κ1) is 14.6. The van der Waals surface area contributed by atoms with Gasteiger partial charge in [-0.15, -0.1) is 15.3 Å². The van der Waals surface area contributed by atoms with Gasteiger partial charge in [-0.3, -0.25) is 4.79 Å². The molecule has 0 bridgehead atoms. The van der Waals surface area contributed by atoms with Crippen LogP contribution in [0.4, 0.5) is 0 Å². The van der Waals surface area contributed by atoms with Crippen molar-refractivity contribution < 1.29 is 9.90 Å². The van der Waals surface area contributed by atoms with Crippen molar-refractivity contribution in [2.75, 3.05) is 6.54 Å². The average Bonchev–Trinajstić information content (AvgIpc) is 3.19. The summed E-state index contributed by atoms with van der Waals surface area (Å²) in [4.78, 5) is 12.1. The number of carbonyl (C=O) groups is 1. The number of amides is 1. The zero-order valence-electron chi connectivity index (χ0n) is 12.3. The minimum atomic E-state index is -0.368. The molecule has 0 radical (unpaired) electrons. The zero-order chi connectivity index (χ0) is 16.2. The quantitative estimate of drug-likeness (QED) is 0.648. The fourth-order valence-corrected chi connectivity index (χ4v) is 2.05.